The third kappa shape index (κ3) is 3.92. The van der Waals surface area contributed by atoms with E-state index in [1.807, 2.05) is 60.7 Å². The molecule has 1 N–H and O–H groups in total. The zero-order valence-electron chi connectivity index (χ0n) is 17.5. The van der Waals surface area contributed by atoms with E-state index in [0.29, 0.717) is 16.8 Å². The number of imide groups is 1. The first-order chi connectivity index (χ1) is 16.1. The summed E-state index contributed by atoms with van der Waals surface area (Å²) in [6.07, 6.45) is 0.165. The molecule has 7 heteroatoms. The Morgan fingerprint density at radius 2 is 1.42 bits per heavy atom. The van der Waals surface area contributed by atoms with Gasteiger partial charge in [0.25, 0.3) is 11.8 Å². The molecule has 0 fully saturated rings. The number of fused-ring (bicyclic) bond motifs is 1. The number of anilines is 1. The van der Waals surface area contributed by atoms with Crippen LogP contribution < -0.4 is 5.32 Å². The molecule has 0 saturated heterocycles. The lowest BCUT2D eigenvalue weighted by atomic mass is 10.0. The lowest BCUT2D eigenvalue weighted by Crippen LogP contribution is -2.48. The highest BCUT2D eigenvalue weighted by Crippen LogP contribution is 2.27. The Labute approximate surface area is 189 Å². The van der Waals surface area contributed by atoms with Crippen LogP contribution in [0.2, 0.25) is 0 Å². The summed E-state index contributed by atoms with van der Waals surface area (Å²) in [4.78, 5) is 40.5. The maximum atomic E-state index is 13.3. The van der Waals surface area contributed by atoms with Crippen LogP contribution in [0.25, 0.3) is 11.3 Å². The number of carbonyl (C=O) groups is 3. The fourth-order valence-electron chi connectivity index (χ4n) is 3.91. The lowest BCUT2D eigenvalue weighted by Gasteiger charge is -2.25. The maximum absolute atomic E-state index is 13.3. The third-order valence-corrected chi connectivity index (χ3v) is 5.54. The van der Waals surface area contributed by atoms with E-state index < -0.39 is 23.8 Å². The van der Waals surface area contributed by atoms with Gasteiger partial charge in [-0.25, -0.2) is 0 Å². The van der Waals surface area contributed by atoms with Gasteiger partial charge < -0.3 is 4.52 Å². The van der Waals surface area contributed by atoms with Crippen molar-refractivity contribution in [3.05, 3.63) is 108 Å². The van der Waals surface area contributed by atoms with E-state index in [9.17, 15) is 14.4 Å². The second-order valence-electron chi connectivity index (χ2n) is 7.66. The molecule has 1 aromatic heterocycles. The summed E-state index contributed by atoms with van der Waals surface area (Å²) >= 11 is 0. The van der Waals surface area contributed by atoms with Gasteiger partial charge in [0.1, 0.15) is 11.7 Å². The molecule has 3 amide bonds. The Kier molecular flexibility index (Phi) is 5.28. The van der Waals surface area contributed by atoms with Gasteiger partial charge in [-0.15, -0.1) is 0 Å². The van der Waals surface area contributed by atoms with E-state index in [1.165, 1.54) is 0 Å². The molecule has 0 radical (unpaired) electrons. The standard InChI is InChI=1S/C26H19N3O4/c30-24(27-23-16-21(28-33-23)18-11-5-2-6-12-18)22(15-17-9-3-1-4-10-17)29-25(31)19-13-7-8-14-20(19)26(29)32/h1-14,16,22H,15H2,(H,27,30)/t22-/m0/s1. The molecule has 0 saturated carbocycles. The molecule has 1 aliphatic rings. The van der Waals surface area contributed by atoms with E-state index in [4.69, 9.17) is 4.52 Å². The predicted octanol–water partition coefficient (Wildman–Crippen LogP) is 4.19. The van der Waals surface area contributed by atoms with E-state index in [-0.39, 0.29) is 12.3 Å². The molecule has 162 valence electrons. The number of amides is 3. The molecular weight excluding hydrogens is 418 g/mol. The van der Waals surface area contributed by atoms with Crippen LogP contribution in [0.5, 0.6) is 0 Å². The monoisotopic (exact) mass is 437 g/mol. The van der Waals surface area contributed by atoms with Gasteiger partial charge in [0.2, 0.25) is 11.8 Å². The van der Waals surface area contributed by atoms with Gasteiger partial charge in [-0.1, -0.05) is 78.0 Å². The minimum Gasteiger partial charge on any atom is -0.338 e. The van der Waals surface area contributed by atoms with Crippen molar-refractivity contribution >= 4 is 23.6 Å². The number of hydrogen-bond acceptors (Lipinski definition) is 5. The number of benzene rings is 3. The summed E-state index contributed by atoms with van der Waals surface area (Å²) < 4.78 is 5.30. The number of hydrogen-bond donors (Lipinski definition) is 1. The first-order valence-electron chi connectivity index (χ1n) is 10.5. The topological polar surface area (TPSA) is 92.5 Å². The molecule has 0 spiro atoms. The summed E-state index contributed by atoms with van der Waals surface area (Å²) in [6.45, 7) is 0. The molecule has 0 unspecified atom stereocenters. The maximum Gasteiger partial charge on any atom is 0.262 e. The van der Waals surface area contributed by atoms with Crippen molar-refractivity contribution in [3.63, 3.8) is 0 Å². The molecule has 33 heavy (non-hydrogen) atoms. The van der Waals surface area contributed by atoms with Crippen LogP contribution in [0.4, 0.5) is 5.88 Å². The quantitative estimate of drug-likeness (QED) is 0.457. The summed E-state index contributed by atoms with van der Waals surface area (Å²) in [5.74, 6) is -1.39. The molecule has 1 atom stereocenters. The van der Waals surface area contributed by atoms with E-state index in [1.54, 1.807) is 30.3 Å². The Hall–Kier alpha value is -4.52. The van der Waals surface area contributed by atoms with Crippen molar-refractivity contribution in [1.29, 1.82) is 0 Å². The molecule has 2 heterocycles. The summed E-state index contributed by atoms with van der Waals surface area (Å²) in [6, 6.07) is 25.7. The van der Waals surface area contributed by atoms with Gasteiger partial charge in [0.15, 0.2) is 0 Å². The second-order valence-corrected chi connectivity index (χ2v) is 7.66. The van der Waals surface area contributed by atoms with Crippen molar-refractivity contribution in [3.8, 4) is 11.3 Å². The first kappa shape index (κ1) is 20.4. The van der Waals surface area contributed by atoms with Crippen molar-refractivity contribution in [2.24, 2.45) is 0 Å². The van der Waals surface area contributed by atoms with Gasteiger partial charge in [-0.3, -0.25) is 24.6 Å². The van der Waals surface area contributed by atoms with Gasteiger partial charge in [-0.05, 0) is 17.7 Å². The highest BCUT2D eigenvalue weighted by Gasteiger charge is 2.42. The fraction of sp³-hybridized carbons (Fsp3) is 0.0769. The highest BCUT2D eigenvalue weighted by atomic mass is 16.5. The Balaban J connectivity index is 1.44. The van der Waals surface area contributed by atoms with Crippen LogP contribution in [-0.4, -0.2) is 33.8 Å². The predicted molar refractivity (Wildman–Crippen MR) is 121 cm³/mol. The molecule has 0 bridgehead atoms. The Morgan fingerprint density at radius 3 is 2.06 bits per heavy atom. The molecule has 1 aliphatic heterocycles. The van der Waals surface area contributed by atoms with Gasteiger partial charge in [-0.2, -0.15) is 0 Å². The molecule has 4 aromatic rings. The van der Waals surface area contributed by atoms with Gasteiger partial charge in [0.05, 0.1) is 11.1 Å². The van der Waals surface area contributed by atoms with Gasteiger partial charge >= 0.3 is 0 Å². The number of carbonyl (C=O) groups excluding carboxylic acids is 3. The van der Waals surface area contributed by atoms with Crippen LogP contribution in [0.15, 0.2) is 95.5 Å². The average Bonchev–Trinajstić information content (AvgIpc) is 3.42. The number of rotatable bonds is 6. The van der Waals surface area contributed by atoms with E-state index in [2.05, 4.69) is 10.5 Å². The molecule has 0 aliphatic carbocycles. The molecule has 3 aromatic carbocycles. The molecular formula is C26H19N3O4. The van der Waals surface area contributed by atoms with Crippen LogP contribution in [-0.2, 0) is 11.2 Å². The largest absolute Gasteiger partial charge is 0.338 e. The minimum absolute atomic E-state index is 0.133. The smallest absolute Gasteiger partial charge is 0.262 e. The van der Waals surface area contributed by atoms with E-state index >= 15 is 0 Å². The van der Waals surface area contributed by atoms with Crippen LogP contribution in [0, 0.1) is 0 Å². The molecule has 5 rings (SSSR count). The second kappa shape index (κ2) is 8.55. The van der Waals surface area contributed by atoms with Crippen molar-refractivity contribution in [2.45, 2.75) is 12.5 Å². The van der Waals surface area contributed by atoms with Crippen molar-refractivity contribution < 1.29 is 18.9 Å². The fourth-order valence-corrected chi connectivity index (χ4v) is 3.91. The third-order valence-electron chi connectivity index (χ3n) is 5.54. The van der Waals surface area contributed by atoms with Crippen molar-refractivity contribution in [2.75, 3.05) is 5.32 Å². The van der Waals surface area contributed by atoms with Crippen molar-refractivity contribution in [1.82, 2.24) is 10.1 Å². The minimum atomic E-state index is -1.06. The van der Waals surface area contributed by atoms with Crippen LogP contribution in [0.3, 0.4) is 0 Å². The van der Waals surface area contributed by atoms with Gasteiger partial charge in [0, 0.05) is 18.1 Å². The molecule has 7 nitrogen and oxygen atoms in total. The number of nitrogens with one attached hydrogen (secondary N) is 1. The summed E-state index contributed by atoms with van der Waals surface area (Å²) in [5.41, 5.74) is 2.80. The average molecular weight is 437 g/mol. The zero-order chi connectivity index (χ0) is 22.8. The zero-order valence-corrected chi connectivity index (χ0v) is 17.5. The first-order valence-corrected chi connectivity index (χ1v) is 10.5. The number of aromatic nitrogens is 1. The van der Waals surface area contributed by atoms with E-state index in [0.717, 1.165) is 16.0 Å². The van der Waals surface area contributed by atoms with Crippen LogP contribution >= 0.6 is 0 Å². The lowest BCUT2D eigenvalue weighted by molar-refractivity contribution is -0.120. The highest BCUT2D eigenvalue weighted by molar-refractivity contribution is 6.23. The summed E-state index contributed by atoms with van der Waals surface area (Å²) in [7, 11) is 0. The SMILES string of the molecule is O=C(Nc1cc(-c2ccccc2)no1)[C@H](Cc1ccccc1)N1C(=O)c2ccccc2C1=O. The Bertz CT molecular complexity index is 1300. The normalized spacial score (nSPS) is 13.6. The summed E-state index contributed by atoms with van der Waals surface area (Å²) in [5, 5.41) is 6.69. The number of nitrogens with zero attached hydrogens (tertiary/aromatic N) is 2. The Morgan fingerprint density at radius 1 is 0.848 bits per heavy atom. The van der Waals surface area contributed by atoms with Crippen LogP contribution in [0.1, 0.15) is 26.3 Å².